The molecule has 2 aliphatic rings. The number of ketones is 1. The molecule has 1 aliphatic carbocycles. The number of carbonyl (C=O) groups is 1. The summed E-state index contributed by atoms with van der Waals surface area (Å²) in [7, 11) is 0. The van der Waals surface area contributed by atoms with Gasteiger partial charge >= 0.3 is 0 Å². The Bertz CT molecular complexity index is 188. The molecule has 0 N–H and O–H groups in total. The van der Waals surface area contributed by atoms with Crippen LogP contribution in [0.5, 0.6) is 0 Å². The van der Waals surface area contributed by atoms with Crippen LogP contribution < -0.4 is 0 Å². The molecular weight excluding hydrogens is 140 g/mol. The van der Waals surface area contributed by atoms with Crippen molar-refractivity contribution in [1.82, 2.24) is 0 Å². The summed E-state index contributed by atoms with van der Waals surface area (Å²) in [6.07, 6.45) is 5.07. The summed E-state index contributed by atoms with van der Waals surface area (Å²) in [6, 6.07) is 0. The largest absolute Gasteiger partial charge is 0.364 e. The lowest BCUT2D eigenvalue weighted by Crippen LogP contribution is -2.33. The van der Waals surface area contributed by atoms with Crippen molar-refractivity contribution in [2.45, 2.75) is 50.7 Å². The first-order valence-corrected chi connectivity index (χ1v) is 4.44. The third-order valence-corrected chi connectivity index (χ3v) is 2.87. The van der Waals surface area contributed by atoms with Crippen molar-refractivity contribution in [2.75, 3.05) is 0 Å². The highest BCUT2D eigenvalue weighted by atomic mass is 16.5. The molecule has 0 bridgehead atoms. The van der Waals surface area contributed by atoms with Crippen LogP contribution in [0, 0.1) is 0 Å². The van der Waals surface area contributed by atoms with E-state index in [-0.39, 0.29) is 5.60 Å². The molecule has 1 saturated heterocycles. The molecule has 1 saturated carbocycles. The Morgan fingerprint density at radius 3 is 2.82 bits per heavy atom. The maximum Gasteiger partial charge on any atom is 0.164 e. The lowest BCUT2D eigenvalue weighted by atomic mass is 9.97. The van der Waals surface area contributed by atoms with Crippen molar-refractivity contribution in [1.29, 1.82) is 0 Å². The molecule has 2 fully saturated rings. The normalized spacial score (nSPS) is 44.1. The molecule has 0 radical (unpaired) electrons. The quantitative estimate of drug-likeness (QED) is 0.530. The first-order valence-electron chi connectivity index (χ1n) is 4.44. The van der Waals surface area contributed by atoms with Crippen LogP contribution in [0.1, 0.15) is 39.0 Å². The minimum absolute atomic E-state index is 0.303. The van der Waals surface area contributed by atoms with Crippen molar-refractivity contribution in [3.8, 4) is 0 Å². The summed E-state index contributed by atoms with van der Waals surface area (Å²) in [6.45, 7) is 2.06. The predicted octanol–water partition coefficient (Wildman–Crippen LogP) is 1.68. The van der Waals surface area contributed by atoms with Crippen LogP contribution in [0.15, 0.2) is 0 Å². The van der Waals surface area contributed by atoms with Crippen molar-refractivity contribution in [2.24, 2.45) is 0 Å². The first-order chi connectivity index (χ1) is 5.23. The van der Waals surface area contributed by atoms with Crippen molar-refractivity contribution < 1.29 is 9.53 Å². The number of ether oxygens (including phenoxy) is 1. The van der Waals surface area contributed by atoms with E-state index < -0.39 is 0 Å². The summed E-state index contributed by atoms with van der Waals surface area (Å²) >= 11 is 0. The van der Waals surface area contributed by atoms with Crippen LogP contribution in [-0.2, 0) is 9.53 Å². The lowest BCUT2D eigenvalue weighted by Gasteiger charge is -2.20. The van der Waals surface area contributed by atoms with E-state index in [0.29, 0.717) is 11.9 Å². The van der Waals surface area contributed by atoms with E-state index in [1.54, 1.807) is 0 Å². The van der Waals surface area contributed by atoms with Gasteiger partial charge in [0.05, 0.1) is 6.10 Å². The van der Waals surface area contributed by atoms with Gasteiger partial charge in [-0.3, -0.25) is 4.79 Å². The Morgan fingerprint density at radius 2 is 2.36 bits per heavy atom. The number of hydrogen-bond donors (Lipinski definition) is 0. The average molecular weight is 154 g/mol. The van der Waals surface area contributed by atoms with Gasteiger partial charge in [-0.15, -0.1) is 0 Å². The molecule has 2 rings (SSSR count). The van der Waals surface area contributed by atoms with Gasteiger partial charge in [-0.25, -0.2) is 0 Å². The van der Waals surface area contributed by atoms with Crippen LogP contribution in [0.3, 0.4) is 0 Å². The van der Waals surface area contributed by atoms with Crippen molar-refractivity contribution >= 4 is 5.78 Å². The highest BCUT2D eigenvalue weighted by Gasteiger charge is 2.47. The zero-order valence-corrected chi connectivity index (χ0v) is 6.93. The zero-order chi connectivity index (χ0) is 7.90. The fraction of sp³-hybridized carbons (Fsp3) is 0.889. The minimum atomic E-state index is -0.320. The van der Waals surface area contributed by atoms with Gasteiger partial charge in [-0.05, 0) is 32.6 Å². The number of rotatable bonds is 0. The molecule has 0 aromatic rings. The lowest BCUT2D eigenvalue weighted by molar-refractivity contribution is -0.137. The summed E-state index contributed by atoms with van der Waals surface area (Å²) in [4.78, 5) is 11.4. The summed E-state index contributed by atoms with van der Waals surface area (Å²) < 4.78 is 5.67. The highest BCUT2D eigenvalue weighted by molar-refractivity contribution is 5.89. The van der Waals surface area contributed by atoms with Gasteiger partial charge in [0.1, 0.15) is 5.60 Å². The first kappa shape index (κ1) is 7.29. The van der Waals surface area contributed by atoms with E-state index in [1.165, 1.54) is 0 Å². The van der Waals surface area contributed by atoms with Crippen LogP contribution in [-0.4, -0.2) is 17.5 Å². The molecule has 1 heterocycles. The molecule has 11 heavy (non-hydrogen) atoms. The van der Waals surface area contributed by atoms with Crippen molar-refractivity contribution in [3.05, 3.63) is 0 Å². The fourth-order valence-corrected chi connectivity index (χ4v) is 2.23. The van der Waals surface area contributed by atoms with Gasteiger partial charge in [0.2, 0.25) is 0 Å². The third-order valence-electron chi connectivity index (χ3n) is 2.87. The van der Waals surface area contributed by atoms with Crippen LogP contribution >= 0.6 is 0 Å². The Labute approximate surface area is 66.9 Å². The number of Topliss-reactive ketones (excluding diaryl/α,β-unsaturated/α-hetero) is 1. The SMILES string of the molecule is CC1CCC2(CCCC2=O)O1. The zero-order valence-electron chi connectivity index (χ0n) is 6.93. The predicted molar refractivity (Wildman–Crippen MR) is 41.4 cm³/mol. The second-order valence-corrected chi connectivity index (χ2v) is 3.74. The molecule has 2 nitrogen and oxygen atoms in total. The molecule has 62 valence electrons. The maximum absolute atomic E-state index is 11.4. The van der Waals surface area contributed by atoms with Crippen LogP contribution in [0.4, 0.5) is 0 Å². The van der Waals surface area contributed by atoms with Gasteiger partial charge < -0.3 is 4.74 Å². The number of hydrogen-bond acceptors (Lipinski definition) is 2. The Hall–Kier alpha value is -0.370. The van der Waals surface area contributed by atoms with Gasteiger partial charge in [-0.1, -0.05) is 0 Å². The smallest absolute Gasteiger partial charge is 0.164 e. The molecule has 2 unspecified atom stereocenters. The second-order valence-electron chi connectivity index (χ2n) is 3.74. The summed E-state index contributed by atoms with van der Waals surface area (Å²) in [5.41, 5.74) is -0.320. The standard InChI is InChI=1S/C9H14O2/c1-7-4-6-9(11-7)5-2-3-8(9)10/h7H,2-6H2,1H3. The third kappa shape index (κ3) is 1.00. The van der Waals surface area contributed by atoms with E-state index in [9.17, 15) is 4.79 Å². The second kappa shape index (κ2) is 2.31. The summed E-state index contributed by atoms with van der Waals surface area (Å²) in [5.74, 6) is 0.349. The van der Waals surface area contributed by atoms with E-state index in [1.807, 2.05) is 0 Å². The van der Waals surface area contributed by atoms with Crippen LogP contribution in [0.2, 0.25) is 0 Å². The van der Waals surface area contributed by atoms with Gasteiger partial charge in [0.25, 0.3) is 0 Å². The van der Waals surface area contributed by atoms with Crippen LogP contribution in [0.25, 0.3) is 0 Å². The molecule has 1 spiro atoms. The summed E-state index contributed by atoms with van der Waals surface area (Å²) in [5, 5.41) is 0. The average Bonchev–Trinajstić information content (AvgIpc) is 2.46. The van der Waals surface area contributed by atoms with E-state index >= 15 is 0 Å². The maximum atomic E-state index is 11.4. The minimum Gasteiger partial charge on any atom is -0.364 e. The van der Waals surface area contributed by atoms with Gasteiger partial charge in [0, 0.05) is 6.42 Å². The highest BCUT2D eigenvalue weighted by Crippen LogP contribution is 2.40. The molecule has 0 aromatic carbocycles. The topological polar surface area (TPSA) is 26.3 Å². The Balaban J connectivity index is 2.16. The van der Waals surface area contributed by atoms with E-state index in [0.717, 1.165) is 32.1 Å². The number of carbonyl (C=O) groups excluding carboxylic acids is 1. The Morgan fingerprint density at radius 1 is 1.55 bits per heavy atom. The molecule has 0 aromatic heterocycles. The monoisotopic (exact) mass is 154 g/mol. The molecular formula is C9H14O2. The van der Waals surface area contributed by atoms with Gasteiger partial charge in [0.15, 0.2) is 5.78 Å². The van der Waals surface area contributed by atoms with E-state index in [2.05, 4.69) is 6.92 Å². The molecule has 2 heteroatoms. The van der Waals surface area contributed by atoms with E-state index in [4.69, 9.17) is 4.74 Å². The molecule has 1 aliphatic heterocycles. The fourth-order valence-electron chi connectivity index (χ4n) is 2.23. The molecule has 0 amide bonds. The van der Waals surface area contributed by atoms with Gasteiger partial charge in [-0.2, -0.15) is 0 Å². The Kier molecular flexibility index (Phi) is 1.53. The molecule has 2 atom stereocenters. The van der Waals surface area contributed by atoms with Crippen molar-refractivity contribution in [3.63, 3.8) is 0 Å².